The van der Waals surface area contributed by atoms with Crippen molar-refractivity contribution < 1.29 is 4.74 Å². The molecule has 0 bridgehead atoms. The van der Waals surface area contributed by atoms with Gasteiger partial charge in [0, 0.05) is 25.2 Å². The zero-order valence-corrected chi connectivity index (χ0v) is 13.3. The fraction of sp³-hybridized carbons (Fsp3) is 0.353. The topological polar surface area (TPSA) is 25.4 Å². The highest BCUT2D eigenvalue weighted by Crippen LogP contribution is 2.27. The van der Waals surface area contributed by atoms with Crippen LogP contribution in [0.15, 0.2) is 48.7 Å². The van der Waals surface area contributed by atoms with Gasteiger partial charge in [-0.05, 0) is 31.5 Å². The molecule has 3 nitrogen and oxygen atoms in total. The predicted molar refractivity (Wildman–Crippen MR) is 88.2 cm³/mol. The fourth-order valence-electron chi connectivity index (χ4n) is 2.13. The van der Waals surface area contributed by atoms with E-state index in [1.165, 1.54) is 5.56 Å². The highest BCUT2D eigenvalue weighted by molar-refractivity contribution is 6.18. The Labute approximate surface area is 131 Å². The maximum atomic E-state index is 5.96. The molecular weight excluding hydrogens is 284 g/mol. The van der Waals surface area contributed by atoms with Crippen LogP contribution in [-0.4, -0.2) is 23.5 Å². The van der Waals surface area contributed by atoms with Crippen LogP contribution in [0.2, 0.25) is 0 Å². The van der Waals surface area contributed by atoms with E-state index in [1.54, 1.807) is 6.20 Å². The SMILES string of the molecule is CC(C)Oc1cccnc1N(CCCl)Cc1ccccc1. The van der Waals surface area contributed by atoms with Gasteiger partial charge in [-0.2, -0.15) is 0 Å². The second kappa shape index (κ2) is 7.89. The van der Waals surface area contributed by atoms with Gasteiger partial charge in [0.15, 0.2) is 11.6 Å². The Morgan fingerprint density at radius 1 is 1.14 bits per heavy atom. The van der Waals surface area contributed by atoms with E-state index in [1.807, 2.05) is 44.2 Å². The lowest BCUT2D eigenvalue weighted by Crippen LogP contribution is -2.26. The van der Waals surface area contributed by atoms with Gasteiger partial charge in [-0.25, -0.2) is 4.98 Å². The summed E-state index contributed by atoms with van der Waals surface area (Å²) in [6.45, 7) is 5.51. The lowest BCUT2D eigenvalue weighted by molar-refractivity contribution is 0.242. The molecule has 1 aromatic heterocycles. The lowest BCUT2D eigenvalue weighted by Gasteiger charge is -2.25. The molecule has 0 aliphatic heterocycles. The van der Waals surface area contributed by atoms with Crippen molar-refractivity contribution in [3.8, 4) is 5.75 Å². The summed E-state index contributed by atoms with van der Waals surface area (Å²) in [5.74, 6) is 2.19. The number of rotatable bonds is 7. The van der Waals surface area contributed by atoms with Crippen molar-refractivity contribution in [3.05, 3.63) is 54.2 Å². The Kier molecular flexibility index (Phi) is 5.88. The van der Waals surface area contributed by atoms with Crippen molar-refractivity contribution in [2.75, 3.05) is 17.3 Å². The number of ether oxygens (including phenoxy) is 1. The van der Waals surface area contributed by atoms with Crippen LogP contribution >= 0.6 is 11.6 Å². The molecule has 0 amide bonds. The van der Waals surface area contributed by atoms with E-state index < -0.39 is 0 Å². The van der Waals surface area contributed by atoms with Gasteiger partial charge in [0.2, 0.25) is 0 Å². The first-order chi connectivity index (χ1) is 10.2. The maximum absolute atomic E-state index is 5.96. The highest BCUT2D eigenvalue weighted by atomic mass is 35.5. The van der Waals surface area contributed by atoms with Gasteiger partial charge in [-0.1, -0.05) is 30.3 Å². The number of nitrogens with zero attached hydrogens (tertiary/aromatic N) is 2. The van der Waals surface area contributed by atoms with Crippen LogP contribution in [-0.2, 0) is 6.54 Å². The molecule has 2 aromatic rings. The summed E-state index contributed by atoms with van der Waals surface area (Å²) in [5.41, 5.74) is 1.23. The Morgan fingerprint density at radius 2 is 1.90 bits per heavy atom. The summed E-state index contributed by atoms with van der Waals surface area (Å²) >= 11 is 5.96. The zero-order chi connectivity index (χ0) is 15.1. The molecule has 112 valence electrons. The summed E-state index contributed by atoms with van der Waals surface area (Å²) in [6, 6.07) is 14.2. The van der Waals surface area contributed by atoms with Crippen LogP contribution < -0.4 is 9.64 Å². The standard InChI is InChI=1S/C17H21ClN2O/c1-14(2)21-16-9-6-11-19-17(16)20(12-10-18)13-15-7-4-3-5-8-15/h3-9,11,14H,10,12-13H2,1-2H3. The number of benzene rings is 1. The summed E-state index contributed by atoms with van der Waals surface area (Å²) in [4.78, 5) is 6.64. The molecular formula is C17H21ClN2O. The largest absolute Gasteiger partial charge is 0.487 e. The minimum absolute atomic E-state index is 0.113. The number of pyridine rings is 1. The first kappa shape index (κ1) is 15.6. The van der Waals surface area contributed by atoms with Gasteiger partial charge in [0.1, 0.15) is 0 Å². The number of hydrogen-bond acceptors (Lipinski definition) is 3. The average molecular weight is 305 g/mol. The van der Waals surface area contributed by atoms with Crippen molar-refractivity contribution in [3.63, 3.8) is 0 Å². The molecule has 2 rings (SSSR count). The van der Waals surface area contributed by atoms with E-state index in [2.05, 4.69) is 22.0 Å². The van der Waals surface area contributed by atoms with E-state index in [4.69, 9.17) is 16.3 Å². The van der Waals surface area contributed by atoms with E-state index in [-0.39, 0.29) is 6.10 Å². The smallest absolute Gasteiger partial charge is 0.171 e. The monoisotopic (exact) mass is 304 g/mol. The zero-order valence-electron chi connectivity index (χ0n) is 12.5. The number of alkyl halides is 1. The second-order valence-electron chi connectivity index (χ2n) is 5.09. The first-order valence-electron chi connectivity index (χ1n) is 7.17. The quantitative estimate of drug-likeness (QED) is 0.720. The van der Waals surface area contributed by atoms with Gasteiger partial charge >= 0.3 is 0 Å². The molecule has 1 heterocycles. The maximum Gasteiger partial charge on any atom is 0.171 e. The van der Waals surface area contributed by atoms with Crippen molar-refractivity contribution in [2.45, 2.75) is 26.5 Å². The van der Waals surface area contributed by atoms with Crippen LogP contribution in [0.25, 0.3) is 0 Å². The summed E-state index contributed by atoms with van der Waals surface area (Å²) < 4.78 is 5.86. The van der Waals surface area contributed by atoms with Crippen molar-refractivity contribution >= 4 is 17.4 Å². The summed E-state index contributed by atoms with van der Waals surface area (Å²) in [6.07, 6.45) is 1.90. The Bertz CT molecular complexity index is 545. The Balaban J connectivity index is 2.25. The molecule has 0 saturated carbocycles. The highest BCUT2D eigenvalue weighted by Gasteiger charge is 2.14. The molecule has 21 heavy (non-hydrogen) atoms. The number of halogens is 1. The molecule has 0 unspecified atom stereocenters. The second-order valence-corrected chi connectivity index (χ2v) is 5.47. The molecule has 0 saturated heterocycles. The van der Waals surface area contributed by atoms with Gasteiger partial charge in [0.05, 0.1) is 6.10 Å². The first-order valence-corrected chi connectivity index (χ1v) is 7.70. The van der Waals surface area contributed by atoms with Gasteiger partial charge < -0.3 is 9.64 Å². The van der Waals surface area contributed by atoms with Crippen molar-refractivity contribution in [1.82, 2.24) is 4.98 Å². The molecule has 4 heteroatoms. The van der Waals surface area contributed by atoms with Gasteiger partial charge in [-0.15, -0.1) is 11.6 Å². The van der Waals surface area contributed by atoms with Gasteiger partial charge in [0.25, 0.3) is 0 Å². The van der Waals surface area contributed by atoms with Crippen LogP contribution in [0.3, 0.4) is 0 Å². The average Bonchev–Trinajstić information content (AvgIpc) is 2.48. The third-order valence-electron chi connectivity index (χ3n) is 2.98. The molecule has 0 atom stereocenters. The van der Waals surface area contributed by atoms with Crippen LogP contribution in [0.1, 0.15) is 19.4 Å². The molecule has 0 aliphatic carbocycles. The van der Waals surface area contributed by atoms with Crippen molar-refractivity contribution in [1.29, 1.82) is 0 Å². The van der Waals surface area contributed by atoms with E-state index >= 15 is 0 Å². The minimum atomic E-state index is 0.113. The summed E-state index contributed by atoms with van der Waals surface area (Å²) in [7, 11) is 0. The third-order valence-corrected chi connectivity index (χ3v) is 3.15. The normalized spacial score (nSPS) is 10.7. The van der Waals surface area contributed by atoms with Crippen LogP contribution in [0, 0.1) is 0 Å². The van der Waals surface area contributed by atoms with Gasteiger partial charge in [-0.3, -0.25) is 0 Å². The van der Waals surface area contributed by atoms with E-state index in [9.17, 15) is 0 Å². The van der Waals surface area contributed by atoms with Crippen LogP contribution in [0.5, 0.6) is 5.75 Å². The summed E-state index contributed by atoms with van der Waals surface area (Å²) in [5, 5.41) is 0. The third kappa shape index (κ3) is 4.64. The lowest BCUT2D eigenvalue weighted by atomic mass is 10.2. The van der Waals surface area contributed by atoms with Crippen molar-refractivity contribution in [2.24, 2.45) is 0 Å². The molecule has 0 aliphatic rings. The number of anilines is 1. The fourth-order valence-corrected chi connectivity index (χ4v) is 2.34. The Hall–Kier alpha value is -1.74. The number of hydrogen-bond donors (Lipinski definition) is 0. The molecule has 0 fully saturated rings. The molecule has 0 radical (unpaired) electrons. The predicted octanol–water partition coefficient (Wildman–Crippen LogP) is 4.11. The van der Waals surface area contributed by atoms with Crippen LogP contribution in [0.4, 0.5) is 5.82 Å². The van der Waals surface area contributed by atoms with E-state index in [0.717, 1.165) is 24.7 Å². The number of aromatic nitrogens is 1. The molecule has 0 N–H and O–H groups in total. The van der Waals surface area contributed by atoms with E-state index in [0.29, 0.717) is 5.88 Å². The molecule has 0 spiro atoms. The molecule has 1 aromatic carbocycles. The minimum Gasteiger partial charge on any atom is -0.487 e. The Morgan fingerprint density at radius 3 is 2.57 bits per heavy atom.